The van der Waals surface area contributed by atoms with Crippen LogP contribution < -0.4 is 27.0 Å². The number of carbonyl (C=O) groups excluding carboxylic acids is 6. The van der Waals surface area contributed by atoms with Gasteiger partial charge in [-0.1, -0.05) is 67.0 Å². The minimum absolute atomic E-state index is 0.0156. The molecule has 1 unspecified atom stereocenters. The molecule has 0 spiro atoms. The summed E-state index contributed by atoms with van der Waals surface area (Å²) in [4.78, 5) is 71.1. The van der Waals surface area contributed by atoms with E-state index in [0.29, 0.717) is 17.8 Å². The number of aliphatic hydroxyl groups is 1. The number of aromatic nitrogens is 1. The lowest BCUT2D eigenvalue weighted by Crippen LogP contribution is -2.47. The Labute approximate surface area is 350 Å². The Morgan fingerprint density at radius 2 is 1.50 bits per heavy atom. The quantitative estimate of drug-likeness (QED) is 0.0320. The maximum atomic E-state index is 14.9. The fourth-order valence-corrected chi connectivity index (χ4v) is 6.21. The zero-order chi connectivity index (χ0) is 44.8. The van der Waals surface area contributed by atoms with Gasteiger partial charge in [0.05, 0.1) is 12.6 Å². The summed E-state index contributed by atoms with van der Waals surface area (Å²) in [5.41, 5.74) is 7.03. The summed E-state index contributed by atoms with van der Waals surface area (Å²) < 4.78 is 75.3. The van der Waals surface area contributed by atoms with E-state index in [9.17, 15) is 55.8 Å². The number of ether oxygens (including phenoxy) is 2. The van der Waals surface area contributed by atoms with Gasteiger partial charge in [0.1, 0.15) is 22.6 Å². The SMILES string of the molecule is CC(C)(C)[C@H](c1cc(-c2cc(F)ccc2F)cn1Cc1ccccc1)[C@H](O)C(=O)NCC[C@H](N)C(=O)NCCNC(=O)CNC(=O)CC(Br)C(=O)OCOC(=O)C(F)(F)F. The first-order chi connectivity index (χ1) is 28.1. The average Bonchev–Trinajstić information content (AvgIpc) is 3.57. The van der Waals surface area contributed by atoms with Gasteiger partial charge in [-0.05, 0) is 41.7 Å². The van der Waals surface area contributed by atoms with E-state index in [4.69, 9.17) is 5.73 Å². The van der Waals surface area contributed by atoms with Crippen LogP contribution in [-0.2, 0) is 44.8 Å². The Morgan fingerprint density at radius 1 is 0.850 bits per heavy atom. The molecule has 0 saturated carbocycles. The summed E-state index contributed by atoms with van der Waals surface area (Å²) >= 11 is 2.81. The number of amides is 4. The maximum Gasteiger partial charge on any atom is 0.491 e. The Bertz CT molecular complexity index is 1980. The molecular weight excluding hydrogens is 871 g/mol. The Balaban J connectivity index is 1.46. The molecule has 0 radical (unpaired) electrons. The van der Waals surface area contributed by atoms with Crippen molar-refractivity contribution in [2.45, 2.75) is 69.2 Å². The molecule has 0 saturated heterocycles. The average molecular weight is 918 g/mol. The smallest absolute Gasteiger partial charge is 0.427 e. The summed E-state index contributed by atoms with van der Waals surface area (Å²) in [6, 6.07) is 13.0. The van der Waals surface area contributed by atoms with Gasteiger partial charge in [-0.3, -0.25) is 24.0 Å². The molecule has 1 aromatic heterocycles. The fraction of sp³-hybridized carbons (Fsp3) is 0.436. The van der Waals surface area contributed by atoms with Crippen molar-refractivity contribution >= 4 is 51.5 Å². The third-order valence-corrected chi connectivity index (χ3v) is 9.43. The highest BCUT2D eigenvalue weighted by Gasteiger charge is 2.41. The molecule has 21 heteroatoms. The normalized spacial score (nSPS) is 13.6. The van der Waals surface area contributed by atoms with Crippen molar-refractivity contribution in [3.8, 4) is 11.1 Å². The van der Waals surface area contributed by atoms with Crippen molar-refractivity contribution in [2.75, 3.05) is 33.0 Å². The van der Waals surface area contributed by atoms with E-state index >= 15 is 0 Å². The number of hydrogen-bond donors (Lipinski definition) is 6. The minimum atomic E-state index is -5.28. The number of nitrogens with one attached hydrogen (secondary N) is 4. The number of aliphatic hydroxyl groups excluding tert-OH is 1. The molecule has 328 valence electrons. The maximum absolute atomic E-state index is 14.9. The molecule has 0 fully saturated rings. The second kappa shape index (κ2) is 22.3. The van der Waals surface area contributed by atoms with E-state index in [0.717, 1.165) is 23.8 Å². The molecule has 0 aliphatic heterocycles. The Hall–Kier alpha value is -5.41. The highest BCUT2D eigenvalue weighted by atomic mass is 79.9. The molecule has 4 amide bonds. The first kappa shape index (κ1) is 49.0. The first-order valence-corrected chi connectivity index (χ1v) is 19.3. The number of alkyl halides is 4. The standard InChI is InChI=1S/C39H46BrF5N6O9/c1-38(2,3)32(29-15-23(25-16-24(41)9-10-27(25)42)20-51(29)19-22-7-5-4-6-8-22)33(54)35(56)48-12-11-28(46)34(55)49-14-13-47-31(53)18-50-30(52)17-26(40)36(57)59-21-60-37(58)39(43,44)45/h4-10,15-16,20,26,28,32-33,54H,11-14,17-19,21,46H2,1-3H3,(H,47,53)(H,48,56)(H,49,55)(H,50,52)/t26?,28-,32+,33-/m0/s1. The highest BCUT2D eigenvalue weighted by Crippen LogP contribution is 2.41. The number of halogens is 6. The van der Waals surface area contributed by atoms with E-state index in [1.165, 1.54) is 0 Å². The summed E-state index contributed by atoms with van der Waals surface area (Å²) in [6.45, 7) is 3.70. The topological polar surface area (TPSA) is 220 Å². The second-order valence-electron chi connectivity index (χ2n) is 14.5. The van der Waals surface area contributed by atoms with Crippen molar-refractivity contribution in [3.63, 3.8) is 0 Å². The second-order valence-corrected chi connectivity index (χ2v) is 15.6. The number of rotatable bonds is 20. The van der Waals surface area contributed by atoms with Crippen molar-refractivity contribution in [1.29, 1.82) is 0 Å². The molecule has 2 aromatic carbocycles. The van der Waals surface area contributed by atoms with Crippen LogP contribution in [0, 0.1) is 17.0 Å². The van der Waals surface area contributed by atoms with Gasteiger partial charge in [-0.15, -0.1) is 0 Å². The summed E-state index contributed by atoms with van der Waals surface area (Å²) in [7, 11) is 0. The van der Waals surface area contributed by atoms with Gasteiger partial charge < -0.3 is 46.1 Å². The number of carbonyl (C=O) groups is 6. The number of hydrogen-bond acceptors (Lipinski definition) is 10. The van der Waals surface area contributed by atoms with Crippen LogP contribution >= 0.6 is 15.9 Å². The molecule has 3 aromatic rings. The molecule has 3 rings (SSSR count). The Morgan fingerprint density at radius 3 is 2.15 bits per heavy atom. The van der Waals surface area contributed by atoms with Crippen LogP contribution in [0.15, 0.2) is 60.8 Å². The number of benzene rings is 2. The molecule has 15 nitrogen and oxygen atoms in total. The minimum Gasteiger partial charge on any atom is -0.427 e. The predicted molar refractivity (Wildman–Crippen MR) is 209 cm³/mol. The van der Waals surface area contributed by atoms with Crippen molar-refractivity contribution in [3.05, 3.63) is 83.7 Å². The summed E-state index contributed by atoms with van der Waals surface area (Å²) in [5.74, 6) is -8.73. The fourth-order valence-electron chi connectivity index (χ4n) is 5.78. The van der Waals surface area contributed by atoms with Crippen LogP contribution in [0.2, 0.25) is 0 Å². The van der Waals surface area contributed by atoms with Crippen LogP contribution in [0.4, 0.5) is 22.0 Å². The van der Waals surface area contributed by atoms with Crippen LogP contribution in [0.3, 0.4) is 0 Å². The van der Waals surface area contributed by atoms with Gasteiger partial charge in [0, 0.05) is 61.5 Å². The van der Waals surface area contributed by atoms with Crippen LogP contribution in [0.25, 0.3) is 11.1 Å². The largest absolute Gasteiger partial charge is 0.491 e. The molecular formula is C39H46BrF5N6O9. The van der Waals surface area contributed by atoms with E-state index in [-0.39, 0.29) is 31.6 Å². The summed E-state index contributed by atoms with van der Waals surface area (Å²) in [5, 5.41) is 21.3. The van der Waals surface area contributed by atoms with Gasteiger partial charge in [0.2, 0.25) is 30.4 Å². The third-order valence-electron chi connectivity index (χ3n) is 8.73. The zero-order valence-electron chi connectivity index (χ0n) is 32.7. The lowest BCUT2D eigenvalue weighted by Gasteiger charge is -2.35. The number of nitrogens with two attached hydrogens (primary N) is 1. The van der Waals surface area contributed by atoms with E-state index in [2.05, 4.69) is 46.7 Å². The lowest BCUT2D eigenvalue weighted by molar-refractivity contribution is -0.210. The molecule has 0 bridgehead atoms. The van der Waals surface area contributed by atoms with Crippen LogP contribution in [-0.4, -0.2) is 101 Å². The zero-order valence-corrected chi connectivity index (χ0v) is 34.3. The molecule has 60 heavy (non-hydrogen) atoms. The molecule has 1 heterocycles. The molecule has 0 aliphatic carbocycles. The van der Waals surface area contributed by atoms with E-state index < -0.39 is 101 Å². The van der Waals surface area contributed by atoms with Crippen LogP contribution in [0.5, 0.6) is 0 Å². The van der Waals surface area contributed by atoms with Crippen LogP contribution in [0.1, 0.15) is 50.8 Å². The van der Waals surface area contributed by atoms with Crippen molar-refractivity contribution in [2.24, 2.45) is 11.1 Å². The highest BCUT2D eigenvalue weighted by molar-refractivity contribution is 9.10. The van der Waals surface area contributed by atoms with Crippen molar-refractivity contribution < 1.29 is 65.3 Å². The molecule has 7 N–H and O–H groups in total. The molecule has 0 aliphatic rings. The third kappa shape index (κ3) is 15.3. The predicted octanol–water partition coefficient (Wildman–Crippen LogP) is 2.91. The van der Waals surface area contributed by atoms with E-state index in [1.54, 1.807) is 16.8 Å². The van der Waals surface area contributed by atoms with Gasteiger partial charge in [-0.25, -0.2) is 13.6 Å². The monoisotopic (exact) mass is 916 g/mol. The first-order valence-electron chi connectivity index (χ1n) is 18.3. The van der Waals surface area contributed by atoms with Gasteiger partial charge in [0.15, 0.2) is 0 Å². The van der Waals surface area contributed by atoms with Gasteiger partial charge in [0.25, 0.3) is 0 Å². The van der Waals surface area contributed by atoms with E-state index in [1.807, 2.05) is 51.1 Å². The molecule has 4 atom stereocenters. The Kier molecular flexibility index (Phi) is 18.2. The van der Waals surface area contributed by atoms with Gasteiger partial charge in [-0.2, -0.15) is 13.2 Å². The lowest BCUT2D eigenvalue weighted by atomic mass is 9.74. The van der Waals surface area contributed by atoms with Gasteiger partial charge >= 0.3 is 18.1 Å². The number of esters is 2. The number of nitrogens with zero attached hydrogens (tertiary/aromatic N) is 1. The summed E-state index contributed by atoms with van der Waals surface area (Å²) in [6.07, 6.45) is -5.85. The van der Waals surface area contributed by atoms with Crippen molar-refractivity contribution in [1.82, 2.24) is 25.8 Å².